The zero-order valence-corrected chi connectivity index (χ0v) is 13.5. The van der Waals surface area contributed by atoms with Gasteiger partial charge in [0.1, 0.15) is 5.75 Å². The van der Waals surface area contributed by atoms with E-state index in [0.717, 1.165) is 37.2 Å². The zero-order valence-electron chi connectivity index (χ0n) is 13.5. The van der Waals surface area contributed by atoms with Crippen molar-refractivity contribution in [1.29, 1.82) is 0 Å². The fourth-order valence-electron chi connectivity index (χ4n) is 4.27. The van der Waals surface area contributed by atoms with E-state index in [1.807, 2.05) is 13.8 Å². The molecular formula is C18H26O3. The van der Waals surface area contributed by atoms with Crippen molar-refractivity contribution < 1.29 is 14.6 Å². The van der Waals surface area contributed by atoms with Crippen molar-refractivity contribution in [3.05, 3.63) is 28.8 Å². The molecule has 2 atom stereocenters. The Labute approximate surface area is 127 Å². The first-order valence-electron chi connectivity index (χ1n) is 8.02. The lowest BCUT2D eigenvalue weighted by Crippen LogP contribution is -2.48. The second-order valence-electron chi connectivity index (χ2n) is 6.89. The van der Waals surface area contributed by atoms with Crippen LogP contribution in [0.25, 0.3) is 0 Å². The number of aryl methyl sites for hydroxylation is 2. The van der Waals surface area contributed by atoms with Crippen molar-refractivity contribution >= 4 is 0 Å². The molecule has 3 heteroatoms. The standard InChI is InChI=1S/C18H26O3/c1-11-7-15(8-12(2)17(11)19)16-9-13(3)18(14(4)10-16)20-5-6-21-18/h7-8,13-14,16,19H,5-6,9-10H2,1-4H3. The summed E-state index contributed by atoms with van der Waals surface area (Å²) in [5, 5.41) is 9.96. The summed E-state index contributed by atoms with van der Waals surface area (Å²) in [6, 6.07) is 4.28. The number of rotatable bonds is 1. The smallest absolute Gasteiger partial charge is 0.173 e. The quantitative estimate of drug-likeness (QED) is 0.852. The molecule has 3 nitrogen and oxygen atoms in total. The Kier molecular flexibility index (Phi) is 3.74. The van der Waals surface area contributed by atoms with Crippen molar-refractivity contribution in [2.24, 2.45) is 11.8 Å². The fraction of sp³-hybridized carbons (Fsp3) is 0.667. The average molecular weight is 290 g/mol. The van der Waals surface area contributed by atoms with Gasteiger partial charge in [-0.05, 0) is 49.3 Å². The van der Waals surface area contributed by atoms with Gasteiger partial charge in [0.25, 0.3) is 0 Å². The Bertz CT molecular complexity index is 494. The Hall–Kier alpha value is -1.06. The molecule has 1 aliphatic carbocycles. The molecule has 1 aliphatic heterocycles. The maximum absolute atomic E-state index is 9.96. The summed E-state index contributed by atoms with van der Waals surface area (Å²) in [5.41, 5.74) is 3.28. The summed E-state index contributed by atoms with van der Waals surface area (Å²) in [5.74, 6) is 1.37. The number of hydrogen-bond donors (Lipinski definition) is 1. The number of benzene rings is 1. The van der Waals surface area contributed by atoms with E-state index in [-0.39, 0.29) is 5.79 Å². The highest BCUT2D eigenvalue weighted by Gasteiger charge is 2.51. The summed E-state index contributed by atoms with van der Waals surface area (Å²) in [6.07, 6.45) is 2.15. The van der Waals surface area contributed by atoms with Gasteiger partial charge in [0.15, 0.2) is 5.79 Å². The second kappa shape index (κ2) is 5.29. The molecule has 2 fully saturated rings. The van der Waals surface area contributed by atoms with Crippen molar-refractivity contribution in [3.63, 3.8) is 0 Å². The van der Waals surface area contributed by atoms with Crippen molar-refractivity contribution in [2.45, 2.75) is 52.2 Å². The van der Waals surface area contributed by atoms with Gasteiger partial charge in [-0.15, -0.1) is 0 Å². The van der Waals surface area contributed by atoms with Gasteiger partial charge < -0.3 is 14.6 Å². The predicted molar refractivity (Wildman–Crippen MR) is 82.5 cm³/mol. The minimum Gasteiger partial charge on any atom is -0.507 e. The molecule has 3 rings (SSSR count). The van der Waals surface area contributed by atoms with Crippen molar-refractivity contribution in [3.8, 4) is 5.75 Å². The molecule has 2 unspecified atom stereocenters. The highest BCUT2D eigenvalue weighted by molar-refractivity contribution is 5.43. The summed E-state index contributed by atoms with van der Waals surface area (Å²) in [6.45, 7) is 9.88. The third-order valence-corrected chi connectivity index (χ3v) is 5.37. The van der Waals surface area contributed by atoms with Crippen molar-refractivity contribution in [2.75, 3.05) is 13.2 Å². The first kappa shape index (κ1) is 14.9. The van der Waals surface area contributed by atoms with Gasteiger partial charge >= 0.3 is 0 Å². The van der Waals surface area contributed by atoms with Crippen LogP contribution in [0.2, 0.25) is 0 Å². The third-order valence-electron chi connectivity index (χ3n) is 5.37. The summed E-state index contributed by atoms with van der Waals surface area (Å²) < 4.78 is 12.0. The number of phenolic OH excluding ortho intramolecular Hbond substituents is 1. The Morgan fingerprint density at radius 2 is 1.48 bits per heavy atom. The van der Waals surface area contributed by atoms with Crippen LogP contribution in [0.5, 0.6) is 5.75 Å². The van der Waals surface area contributed by atoms with Crippen LogP contribution in [0, 0.1) is 25.7 Å². The molecule has 116 valence electrons. The number of phenols is 1. The minimum atomic E-state index is -0.364. The predicted octanol–water partition coefficient (Wildman–Crippen LogP) is 3.90. The number of hydrogen-bond acceptors (Lipinski definition) is 3. The first-order chi connectivity index (χ1) is 9.94. The zero-order chi connectivity index (χ0) is 15.2. The molecular weight excluding hydrogens is 264 g/mol. The van der Waals surface area contributed by atoms with E-state index in [1.54, 1.807) is 0 Å². The molecule has 0 aromatic heterocycles. The molecule has 1 heterocycles. The molecule has 0 amide bonds. The van der Waals surface area contributed by atoms with Crippen LogP contribution in [-0.4, -0.2) is 24.1 Å². The Morgan fingerprint density at radius 3 is 1.95 bits per heavy atom. The van der Waals surface area contributed by atoms with Gasteiger partial charge in [-0.3, -0.25) is 0 Å². The fourth-order valence-corrected chi connectivity index (χ4v) is 4.27. The van der Waals surface area contributed by atoms with E-state index in [1.165, 1.54) is 5.56 Å². The van der Waals surface area contributed by atoms with Crippen LogP contribution >= 0.6 is 0 Å². The molecule has 0 bridgehead atoms. The maximum atomic E-state index is 9.96. The lowest BCUT2D eigenvalue weighted by Gasteiger charge is -2.45. The lowest BCUT2D eigenvalue weighted by atomic mass is 9.69. The SMILES string of the molecule is Cc1cc(C2CC(C)C3(OCCO3)C(C)C2)cc(C)c1O. The summed E-state index contributed by atoms with van der Waals surface area (Å²) in [7, 11) is 0. The topological polar surface area (TPSA) is 38.7 Å². The highest BCUT2D eigenvalue weighted by atomic mass is 16.7. The van der Waals surface area contributed by atoms with E-state index in [4.69, 9.17) is 9.47 Å². The van der Waals surface area contributed by atoms with Crippen LogP contribution in [0.15, 0.2) is 12.1 Å². The minimum absolute atomic E-state index is 0.364. The van der Waals surface area contributed by atoms with E-state index >= 15 is 0 Å². The van der Waals surface area contributed by atoms with Gasteiger partial charge in [0.05, 0.1) is 13.2 Å². The third kappa shape index (κ3) is 2.36. The molecule has 1 N–H and O–H groups in total. The van der Waals surface area contributed by atoms with Gasteiger partial charge in [-0.1, -0.05) is 26.0 Å². The van der Waals surface area contributed by atoms with Gasteiger partial charge in [0.2, 0.25) is 0 Å². The monoisotopic (exact) mass is 290 g/mol. The summed E-state index contributed by atoms with van der Waals surface area (Å²) >= 11 is 0. The second-order valence-corrected chi connectivity index (χ2v) is 6.89. The molecule has 1 saturated carbocycles. The molecule has 1 aromatic rings. The normalized spacial score (nSPS) is 31.7. The first-order valence-corrected chi connectivity index (χ1v) is 8.02. The van der Waals surface area contributed by atoms with Gasteiger partial charge in [-0.25, -0.2) is 0 Å². The van der Waals surface area contributed by atoms with Gasteiger partial charge in [-0.2, -0.15) is 0 Å². The van der Waals surface area contributed by atoms with E-state index in [0.29, 0.717) is 23.5 Å². The van der Waals surface area contributed by atoms with E-state index in [9.17, 15) is 5.11 Å². The average Bonchev–Trinajstić information content (AvgIpc) is 2.92. The number of ether oxygens (including phenoxy) is 2. The highest BCUT2D eigenvalue weighted by Crippen LogP contribution is 2.49. The molecule has 1 saturated heterocycles. The van der Waals surface area contributed by atoms with E-state index < -0.39 is 0 Å². The molecule has 1 aromatic carbocycles. The Morgan fingerprint density at radius 1 is 1.00 bits per heavy atom. The lowest BCUT2D eigenvalue weighted by molar-refractivity contribution is -0.240. The largest absolute Gasteiger partial charge is 0.507 e. The number of aromatic hydroxyl groups is 1. The van der Waals surface area contributed by atoms with Crippen LogP contribution in [0.3, 0.4) is 0 Å². The molecule has 0 radical (unpaired) electrons. The van der Waals surface area contributed by atoms with Crippen molar-refractivity contribution in [1.82, 2.24) is 0 Å². The van der Waals surface area contributed by atoms with Crippen LogP contribution in [0.1, 0.15) is 49.3 Å². The maximum Gasteiger partial charge on any atom is 0.173 e. The van der Waals surface area contributed by atoms with E-state index in [2.05, 4.69) is 26.0 Å². The Balaban J connectivity index is 1.86. The van der Waals surface area contributed by atoms with Crippen LogP contribution in [0.4, 0.5) is 0 Å². The molecule has 21 heavy (non-hydrogen) atoms. The summed E-state index contributed by atoms with van der Waals surface area (Å²) in [4.78, 5) is 0. The van der Waals surface area contributed by atoms with Gasteiger partial charge in [0, 0.05) is 11.8 Å². The van der Waals surface area contributed by atoms with Crippen LogP contribution < -0.4 is 0 Å². The molecule has 2 aliphatic rings. The molecule has 1 spiro atoms. The van der Waals surface area contributed by atoms with Crippen LogP contribution in [-0.2, 0) is 9.47 Å².